The fourth-order valence-electron chi connectivity index (χ4n) is 2.73. The highest BCUT2D eigenvalue weighted by Crippen LogP contribution is 2.32. The minimum atomic E-state index is 0.693. The van der Waals surface area contributed by atoms with Crippen molar-refractivity contribution in [1.29, 1.82) is 0 Å². The highest BCUT2D eigenvalue weighted by atomic mass is 16.5. The van der Waals surface area contributed by atoms with Crippen LogP contribution in [0, 0.1) is 0 Å². The first-order chi connectivity index (χ1) is 8.38. The summed E-state index contributed by atoms with van der Waals surface area (Å²) in [5.41, 5.74) is 2.64. The van der Waals surface area contributed by atoms with Crippen molar-refractivity contribution in [2.75, 3.05) is 20.2 Å². The van der Waals surface area contributed by atoms with E-state index < -0.39 is 0 Å². The molecule has 2 heterocycles. The molecule has 3 heteroatoms. The van der Waals surface area contributed by atoms with Gasteiger partial charge in [-0.15, -0.1) is 0 Å². The van der Waals surface area contributed by atoms with Crippen LogP contribution < -0.4 is 10.1 Å². The smallest absolute Gasteiger partial charge is 0.120 e. The summed E-state index contributed by atoms with van der Waals surface area (Å²) < 4.78 is 5.25. The van der Waals surface area contributed by atoms with Gasteiger partial charge in [0, 0.05) is 23.2 Å². The molecule has 0 unspecified atom stereocenters. The Kier molecular flexibility index (Phi) is 2.77. The number of hydrogen-bond acceptors (Lipinski definition) is 2. The van der Waals surface area contributed by atoms with Gasteiger partial charge in [-0.2, -0.15) is 0 Å². The zero-order chi connectivity index (χ0) is 11.7. The second-order valence-electron chi connectivity index (χ2n) is 4.68. The second-order valence-corrected chi connectivity index (χ2v) is 4.68. The molecule has 90 valence electrons. The molecule has 3 rings (SSSR count). The maximum Gasteiger partial charge on any atom is 0.120 e. The Hall–Kier alpha value is -1.48. The first-order valence-electron chi connectivity index (χ1n) is 6.24. The second kappa shape index (κ2) is 4.41. The molecule has 1 aliphatic rings. The van der Waals surface area contributed by atoms with E-state index in [1.54, 1.807) is 7.11 Å². The zero-order valence-corrected chi connectivity index (χ0v) is 10.1. The van der Waals surface area contributed by atoms with Crippen LogP contribution in [0.5, 0.6) is 5.75 Å². The van der Waals surface area contributed by atoms with Gasteiger partial charge in [0.25, 0.3) is 0 Å². The topological polar surface area (TPSA) is 37.0 Å². The van der Waals surface area contributed by atoms with E-state index in [1.165, 1.54) is 29.3 Å². The molecule has 17 heavy (non-hydrogen) atoms. The van der Waals surface area contributed by atoms with Crippen LogP contribution in [0.25, 0.3) is 10.9 Å². The molecule has 2 N–H and O–H groups in total. The number of H-pyrrole nitrogens is 1. The van der Waals surface area contributed by atoms with Crippen LogP contribution in [0.1, 0.15) is 24.3 Å². The molecule has 2 aromatic rings. The predicted octanol–water partition coefficient (Wildman–Crippen LogP) is 2.64. The van der Waals surface area contributed by atoms with Crippen molar-refractivity contribution >= 4 is 10.9 Å². The minimum absolute atomic E-state index is 0.693. The molecule has 0 spiro atoms. The lowest BCUT2D eigenvalue weighted by Crippen LogP contribution is -2.26. The van der Waals surface area contributed by atoms with Crippen LogP contribution in [0.4, 0.5) is 0 Å². The van der Waals surface area contributed by atoms with Gasteiger partial charge < -0.3 is 15.0 Å². The van der Waals surface area contributed by atoms with E-state index in [1.807, 2.05) is 6.07 Å². The molecular weight excluding hydrogens is 212 g/mol. The Bertz CT molecular complexity index is 512. The molecule has 0 saturated carbocycles. The van der Waals surface area contributed by atoms with Crippen LogP contribution in [-0.2, 0) is 0 Å². The lowest BCUT2D eigenvalue weighted by molar-refractivity contribution is 0.415. The van der Waals surface area contributed by atoms with Crippen molar-refractivity contribution in [3.63, 3.8) is 0 Å². The molecule has 1 saturated heterocycles. The summed E-state index contributed by atoms with van der Waals surface area (Å²) in [5, 5.41) is 4.76. The molecule has 0 atom stereocenters. The van der Waals surface area contributed by atoms with E-state index in [0.29, 0.717) is 5.92 Å². The first-order valence-corrected chi connectivity index (χ1v) is 6.24. The Labute approximate surface area is 101 Å². The van der Waals surface area contributed by atoms with E-state index >= 15 is 0 Å². The molecule has 0 radical (unpaired) electrons. The van der Waals surface area contributed by atoms with Crippen molar-refractivity contribution in [3.8, 4) is 5.75 Å². The summed E-state index contributed by atoms with van der Waals surface area (Å²) in [6, 6.07) is 6.28. The number of aromatic amines is 1. The van der Waals surface area contributed by atoms with E-state index in [0.717, 1.165) is 18.8 Å². The number of fused-ring (bicyclic) bond motifs is 1. The Morgan fingerprint density at radius 3 is 2.82 bits per heavy atom. The van der Waals surface area contributed by atoms with Gasteiger partial charge in [0.2, 0.25) is 0 Å². The maximum atomic E-state index is 5.25. The third kappa shape index (κ3) is 1.91. The highest BCUT2D eigenvalue weighted by molar-refractivity contribution is 5.85. The summed E-state index contributed by atoms with van der Waals surface area (Å²) in [5.74, 6) is 1.61. The fraction of sp³-hybridized carbons (Fsp3) is 0.429. The van der Waals surface area contributed by atoms with Gasteiger partial charge in [0.05, 0.1) is 7.11 Å². The molecule has 0 amide bonds. The van der Waals surface area contributed by atoms with Crippen LogP contribution in [0.3, 0.4) is 0 Å². The van der Waals surface area contributed by atoms with Gasteiger partial charge in [-0.1, -0.05) is 0 Å². The Morgan fingerprint density at radius 2 is 2.06 bits per heavy atom. The molecule has 3 nitrogen and oxygen atoms in total. The number of hydrogen-bond donors (Lipinski definition) is 2. The quantitative estimate of drug-likeness (QED) is 0.832. The lowest BCUT2D eigenvalue weighted by Gasteiger charge is -2.22. The van der Waals surface area contributed by atoms with Gasteiger partial charge in [0.1, 0.15) is 5.75 Å². The van der Waals surface area contributed by atoms with Gasteiger partial charge in [-0.25, -0.2) is 0 Å². The molecule has 1 fully saturated rings. The average Bonchev–Trinajstić information content (AvgIpc) is 2.82. The van der Waals surface area contributed by atoms with Crippen molar-refractivity contribution < 1.29 is 4.74 Å². The monoisotopic (exact) mass is 230 g/mol. The number of rotatable bonds is 2. The van der Waals surface area contributed by atoms with Crippen molar-refractivity contribution in [3.05, 3.63) is 30.0 Å². The predicted molar refractivity (Wildman–Crippen MR) is 69.7 cm³/mol. The number of piperidine rings is 1. The molecule has 1 aromatic carbocycles. The normalized spacial score (nSPS) is 17.5. The largest absolute Gasteiger partial charge is 0.497 e. The summed E-state index contributed by atoms with van der Waals surface area (Å²) in [4.78, 5) is 3.36. The first kappa shape index (κ1) is 10.7. The number of nitrogens with one attached hydrogen (secondary N) is 2. The third-order valence-electron chi connectivity index (χ3n) is 3.70. The number of methoxy groups -OCH3 is 1. The molecule has 0 aliphatic carbocycles. The van der Waals surface area contributed by atoms with Crippen molar-refractivity contribution in [1.82, 2.24) is 10.3 Å². The van der Waals surface area contributed by atoms with E-state index in [2.05, 4.69) is 28.6 Å². The Morgan fingerprint density at radius 1 is 1.24 bits per heavy atom. The molecule has 1 aliphatic heterocycles. The van der Waals surface area contributed by atoms with Crippen LogP contribution in [0.2, 0.25) is 0 Å². The third-order valence-corrected chi connectivity index (χ3v) is 3.70. The zero-order valence-electron chi connectivity index (χ0n) is 10.1. The van der Waals surface area contributed by atoms with Gasteiger partial charge in [0.15, 0.2) is 0 Å². The van der Waals surface area contributed by atoms with Crippen molar-refractivity contribution in [2.24, 2.45) is 0 Å². The van der Waals surface area contributed by atoms with Gasteiger partial charge in [-0.05, 0) is 49.5 Å². The molecule has 1 aromatic heterocycles. The summed E-state index contributed by atoms with van der Waals surface area (Å²) in [6.07, 6.45) is 4.64. The number of benzene rings is 1. The lowest BCUT2D eigenvalue weighted by atomic mass is 9.90. The average molecular weight is 230 g/mol. The number of ether oxygens (including phenoxy) is 1. The SMILES string of the molecule is COc1ccc2c(C3CCNCC3)c[nH]c2c1. The van der Waals surface area contributed by atoms with Gasteiger partial charge >= 0.3 is 0 Å². The Balaban J connectivity index is 1.99. The summed E-state index contributed by atoms with van der Waals surface area (Å²) in [7, 11) is 1.71. The van der Waals surface area contributed by atoms with E-state index in [4.69, 9.17) is 4.74 Å². The standard InChI is InChI=1S/C14H18N2O/c1-17-11-2-3-12-13(9-16-14(12)8-11)10-4-6-15-7-5-10/h2-3,8-10,15-16H,4-7H2,1H3. The van der Waals surface area contributed by atoms with E-state index in [9.17, 15) is 0 Å². The maximum absolute atomic E-state index is 5.25. The molecular formula is C14H18N2O. The van der Waals surface area contributed by atoms with Crippen LogP contribution in [0.15, 0.2) is 24.4 Å². The summed E-state index contributed by atoms with van der Waals surface area (Å²) >= 11 is 0. The van der Waals surface area contributed by atoms with Gasteiger partial charge in [-0.3, -0.25) is 0 Å². The van der Waals surface area contributed by atoms with Crippen molar-refractivity contribution in [2.45, 2.75) is 18.8 Å². The number of aromatic nitrogens is 1. The summed E-state index contributed by atoms with van der Waals surface area (Å²) in [6.45, 7) is 2.26. The van der Waals surface area contributed by atoms with E-state index in [-0.39, 0.29) is 0 Å². The highest BCUT2D eigenvalue weighted by Gasteiger charge is 2.18. The fourth-order valence-corrected chi connectivity index (χ4v) is 2.73. The van der Waals surface area contributed by atoms with Crippen LogP contribution >= 0.6 is 0 Å². The molecule has 0 bridgehead atoms. The minimum Gasteiger partial charge on any atom is -0.497 e. The van der Waals surface area contributed by atoms with Crippen LogP contribution in [-0.4, -0.2) is 25.2 Å².